The molecule has 0 aliphatic rings. The van der Waals surface area contributed by atoms with E-state index < -0.39 is 0 Å². The molecule has 0 aromatic heterocycles. The molecule has 19 heavy (non-hydrogen) atoms. The highest BCUT2D eigenvalue weighted by atomic mass is 16.6. The largest absolute Gasteiger partial charge is 0.449 e. The first-order chi connectivity index (χ1) is 9.04. The van der Waals surface area contributed by atoms with Crippen molar-refractivity contribution in [2.24, 2.45) is 11.7 Å². The summed E-state index contributed by atoms with van der Waals surface area (Å²) in [6.45, 7) is 7.61. The maximum atomic E-state index is 12.1. The number of carbonyl (C=O) groups is 1. The van der Waals surface area contributed by atoms with Gasteiger partial charge in [-0.15, -0.1) is 0 Å². The van der Waals surface area contributed by atoms with Crippen molar-refractivity contribution < 1.29 is 9.53 Å². The van der Waals surface area contributed by atoms with E-state index in [4.69, 9.17) is 10.5 Å². The molecule has 0 heterocycles. The molecule has 0 saturated carbocycles. The topological polar surface area (TPSA) is 55.6 Å². The third kappa shape index (κ3) is 5.30. The number of nitrogens with two attached hydrogens (primary N) is 1. The van der Waals surface area contributed by atoms with E-state index in [2.05, 4.69) is 0 Å². The van der Waals surface area contributed by atoms with Gasteiger partial charge in [-0.3, -0.25) is 4.90 Å². The third-order valence-electron chi connectivity index (χ3n) is 2.66. The number of anilines is 1. The van der Waals surface area contributed by atoms with Gasteiger partial charge in [0.1, 0.15) is 0 Å². The van der Waals surface area contributed by atoms with Crippen molar-refractivity contribution >= 4 is 11.8 Å². The van der Waals surface area contributed by atoms with Crippen molar-refractivity contribution in [1.29, 1.82) is 0 Å². The van der Waals surface area contributed by atoms with Gasteiger partial charge in [0.25, 0.3) is 0 Å². The standard InChI is InChI=1S/C15H24N2O2/c1-12(2)11-19-15(18)17(9-5-8-16)14-7-4-6-13(3)10-14/h4,6-7,10,12H,5,8-9,11,16H2,1-3H3. The zero-order chi connectivity index (χ0) is 14.3. The molecule has 0 bridgehead atoms. The molecule has 0 fully saturated rings. The second kappa shape index (κ2) is 7.79. The molecular formula is C15H24N2O2. The molecule has 1 aromatic carbocycles. The van der Waals surface area contributed by atoms with Gasteiger partial charge in [-0.05, 0) is 43.5 Å². The summed E-state index contributed by atoms with van der Waals surface area (Å²) in [5, 5.41) is 0. The lowest BCUT2D eigenvalue weighted by Gasteiger charge is -2.23. The van der Waals surface area contributed by atoms with Crippen LogP contribution in [-0.2, 0) is 4.74 Å². The molecule has 4 nitrogen and oxygen atoms in total. The lowest BCUT2D eigenvalue weighted by atomic mass is 10.2. The van der Waals surface area contributed by atoms with Crippen molar-refractivity contribution in [3.8, 4) is 0 Å². The van der Waals surface area contributed by atoms with E-state index >= 15 is 0 Å². The average molecular weight is 264 g/mol. The minimum absolute atomic E-state index is 0.298. The number of benzene rings is 1. The number of amides is 1. The van der Waals surface area contributed by atoms with Crippen LogP contribution in [0.1, 0.15) is 25.8 Å². The number of carbonyl (C=O) groups excluding carboxylic acids is 1. The highest BCUT2D eigenvalue weighted by Crippen LogP contribution is 2.17. The third-order valence-corrected chi connectivity index (χ3v) is 2.66. The van der Waals surface area contributed by atoms with Gasteiger partial charge in [0.2, 0.25) is 0 Å². The quantitative estimate of drug-likeness (QED) is 0.859. The van der Waals surface area contributed by atoms with Gasteiger partial charge >= 0.3 is 6.09 Å². The van der Waals surface area contributed by atoms with E-state index in [1.54, 1.807) is 4.90 Å². The number of ether oxygens (including phenoxy) is 1. The Morgan fingerprint density at radius 1 is 1.42 bits per heavy atom. The normalized spacial score (nSPS) is 10.6. The number of aryl methyl sites for hydroxylation is 1. The van der Waals surface area contributed by atoms with Gasteiger partial charge in [-0.25, -0.2) is 4.79 Å². The smallest absolute Gasteiger partial charge is 0.414 e. The van der Waals surface area contributed by atoms with Crippen LogP contribution in [0.4, 0.5) is 10.5 Å². The van der Waals surface area contributed by atoms with Gasteiger partial charge in [-0.1, -0.05) is 26.0 Å². The van der Waals surface area contributed by atoms with Gasteiger partial charge in [0.15, 0.2) is 0 Å². The van der Waals surface area contributed by atoms with E-state index in [9.17, 15) is 4.79 Å². The molecule has 0 spiro atoms. The van der Waals surface area contributed by atoms with Crippen molar-refractivity contribution in [2.75, 3.05) is 24.6 Å². The Labute approximate surface area is 115 Å². The Hall–Kier alpha value is -1.55. The summed E-state index contributed by atoms with van der Waals surface area (Å²) in [6, 6.07) is 7.84. The molecule has 1 amide bonds. The summed E-state index contributed by atoms with van der Waals surface area (Å²) in [5.41, 5.74) is 7.51. The van der Waals surface area contributed by atoms with E-state index in [1.807, 2.05) is 45.0 Å². The van der Waals surface area contributed by atoms with Crippen molar-refractivity contribution in [3.05, 3.63) is 29.8 Å². The second-order valence-corrected chi connectivity index (χ2v) is 5.10. The molecule has 106 valence electrons. The molecule has 0 aliphatic heterocycles. The SMILES string of the molecule is Cc1cccc(N(CCCN)C(=O)OCC(C)C)c1. The first-order valence-corrected chi connectivity index (χ1v) is 6.75. The monoisotopic (exact) mass is 264 g/mol. The minimum atomic E-state index is -0.298. The number of nitrogens with zero attached hydrogens (tertiary/aromatic N) is 1. The Morgan fingerprint density at radius 2 is 2.16 bits per heavy atom. The highest BCUT2D eigenvalue weighted by molar-refractivity contribution is 5.87. The van der Waals surface area contributed by atoms with Crippen LogP contribution >= 0.6 is 0 Å². The second-order valence-electron chi connectivity index (χ2n) is 5.10. The average Bonchev–Trinajstić information content (AvgIpc) is 2.37. The molecule has 0 aliphatic carbocycles. The summed E-state index contributed by atoms with van der Waals surface area (Å²) in [5.74, 6) is 0.331. The van der Waals surface area contributed by atoms with Crippen molar-refractivity contribution in [1.82, 2.24) is 0 Å². The summed E-state index contributed by atoms with van der Waals surface area (Å²) < 4.78 is 5.30. The zero-order valence-corrected chi connectivity index (χ0v) is 12.1. The van der Waals surface area contributed by atoms with Crippen LogP contribution < -0.4 is 10.6 Å². The van der Waals surface area contributed by atoms with E-state index in [-0.39, 0.29) is 6.09 Å². The number of rotatable bonds is 6. The Kier molecular flexibility index (Phi) is 6.36. The number of hydrogen-bond acceptors (Lipinski definition) is 3. The fourth-order valence-electron chi connectivity index (χ4n) is 1.69. The Balaban J connectivity index is 2.78. The highest BCUT2D eigenvalue weighted by Gasteiger charge is 2.17. The summed E-state index contributed by atoms with van der Waals surface area (Å²) in [7, 11) is 0. The molecule has 1 aromatic rings. The van der Waals surface area contributed by atoms with Crippen LogP contribution in [-0.4, -0.2) is 25.8 Å². The van der Waals surface area contributed by atoms with Gasteiger partial charge in [0, 0.05) is 12.2 Å². The van der Waals surface area contributed by atoms with Gasteiger partial charge in [0.05, 0.1) is 6.61 Å². The van der Waals surface area contributed by atoms with Gasteiger partial charge in [-0.2, -0.15) is 0 Å². The maximum absolute atomic E-state index is 12.1. The van der Waals surface area contributed by atoms with Crippen LogP contribution in [0.3, 0.4) is 0 Å². The predicted octanol–water partition coefficient (Wildman–Crippen LogP) is 2.94. The molecule has 0 atom stereocenters. The summed E-state index contributed by atoms with van der Waals surface area (Å²) >= 11 is 0. The van der Waals surface area contributed by atoms with Crippen molar-refractivity contribution in [2.45, 2.75) is 27.2 Å². The predicted molar refractivity (Wildman–Crippen MR) is 78.4 cm³/mol. The minimum Gasteiger partial charge on any atom is -0.449 e. The Bertz CT molecular complexity index is 405. The molecule has 4 heteroatoms. The van der Waals surface area contributed by atoms with Crippen LogP contribution in [0.5, 0.6) is 0 Å². The lowest BCUT2D eigenvalue weighted by molar-refractivity contribution is 0.140. The number of hydrogen-bond donors (Lipinski definition) is 1. The lowest BCUT2D eigenvalue weighted by Crippen LogP contribution is -2.34. The molecule has 1 rings (SSSR count). The fourth-order valence-corrected chi connectivity index (χ4v) is 1.69. The molecule has 0 unspecified atom stereocenters. The molecule has 2 N–H and O–H groups in total. The van der Waals surface area contributed by atoms with E-state index in [0.717, 1.165) is 17.7 Å². The first kappa shape index (κ1) is 15.5. The van der Waals surface area contributed by atoms with Crippen LogP contribution in [0, 0.1) is 12.8 Å². The molecule has 0 radical (unpaired) electrons. The maximum Gasteiger partial charge on any atom is 0.414 e. The van der Waals surface area contributed by atoms with Crippen molar-refractivity contribution in [3.63, 3.8) is 0 Å². The Morgan fingerprint density at radius 3 is 2.74 bits per heavy atom. The molecule has 0 saturated heterocycles. The van der Waals surface area contributed by atoms with Crippen LogP contribution in [0.25, 0.3) is 0 Å². The summed E-state index contributed by atoms with van der Waals surface area (Å²) in [4.78, 5) is 13.8. The van der Waals surface area contributed by atoms with E-state index in [1.165, 1.54) is 0 Å². The van der Waals surface area contributed by atoms with Crippen LogP contribution in [0.15, 0.2) is 24.3 Å². The first-order valence-electron chi connectivity index (χ1n) is 6.75. The van der Waals surface area contributed by atoms with E-state index in [0.29, 0.717) is 25.6 Å². The molecular weight excluding hydrogens is 240 g/mol. The summed E-state index contributed by atoms with van der Waals surface area (Å²) in [6.07, 6.45) is 0.456. The van der Waals surface area contributed by atoms with Crippen LogP contribution in [0.2, 0.25) is 0 Å². The fraction of sp³-hybridized carbons (Fsp3) is 0.533. The zero-order valence-electron chi connectivity index (χ0n) is 12.1. The van der Waals surface area contributed by atoms with Gasteiger partial charge < -0.3 is 10.5 Å².